The molecule has 0 unspecified atom stereocenters. The van der Waals surface area contributed by atoms with E-state index in [-0.39, 0.29) is 18.5 Å². The molecule has 0 bridgehead atoms. The predicted octanol–water partition coefficient (Wildman–Crippen LogP) is 2.19. The highest BCUT2D eigenvalue weighted by Crippen LogP contribution is 2.24. The van der Waals surface area contributed by atoms with Crippen LogP contribution in [0.4, 0.5) is 8.78 Å². The quantitative estimate of drug-likeness (QED) is 0.810. The minimum atomic E-state index is -0.574. The normalized spacial score (nSPS) is 12.6. The van der Waals surface area contributed by atoms with E-state index in [1.165, 1.54) is 18.2 Å². The molecule has 0 saturated heterocycles. The minimum absolute atomic E-state index is 0.0364. The number of benzene rings is 1. The summed E-state index contributed by atoms with van der Waals surface area (Å²) in [7, 11) is 0. The van der Waals surface area contributed by atoms with Crippen LogP contribution in [0.1, 0.15) is 18.5 Å². The number of hydrogen-bond acceptors (Lipinski definition) is 2. The third-order valence-electron chi connectivity index (χ3n) is 1.80. The van der Waals surface area contributed by atoms with Crippen molar-refractivity contribution in [2.24, 2.45) is 5.73 Å². The van der Waals surface area contributed by atoms with Crippen LogP contribution in [-0.2, 0) is 0 Å². The molecular formula is C10H13F2NO. The summed E-state index contributed by atoms with van der Waals surface area (Å²) in [5.74, 6) is 0.0731. The van der Waals surface area contributed by atoms with E-state index in [1.54, 1.807) is 6.92 Å². The summed E-state index contributed by atoms with van der Waals surface area (Å²) in [6, 6.07) is 3.70. The first-order valence-electron chi connectivity index (χ1n) is 4.39. The highest BCUT2D eigenvalue weighted by Gasteiger charge is 2.09. The molecule has 14 heavy (non-hydrogen) atoms. The van der Waals surface area contributed by atoms with Crippen molar-refractivity contribution in [3.05, 3.63) is 29.6 Å². The van der Waals surface area contributed by atoms with Crippen molar-refractivity contribution in [2.45, 2.75) is 13.0 Å². The lowest BCUT2D eigenvalue weighted by molar-refractivity contribution is 0.269. The van der Waals surface area contributed by atoms with Gasteiger partial charge in [0.25, 0.3) is 0 Å². The molecule has 1 atom stereocenters. The lowest BCUT2D eigenvalue weighted by Crippen LogP contribution is -2.09. The van der Waals surface area contributed by atoms with Crippen molar-refractivity contribution in [3.8, 4) is 5.75 Å². The van der Waals surface area contributed by atoms with Gasteiger partial charge in [-0.2, -0.15) is 0 Å². The van der Waals surface area contributed by atoms with Crippen molar-refractivity contribution < 1.29 is 13.5 Å². The Hall–Kier alpha value is -1.16. The monoisotopic (exact) mass is 201 g/mol. The maximum Gasteiger partial charge on any atom is 0.124 e. The largest absolute Gasteiger partial charge is 0.491 e. The van der Waals surface area contributed by atoms with Gasteiger partial charge in [-0.1, -0.05) is 0 Å². The van der Waals surface area contributed by atoms with Crippen LogP contribution in [0.25, 0.3) is 0 Å². The molecule has 1 aromatic rings. The fourth-order valence-corrected chi connectivity index (χ4v) is 1.16. The second-order valence-electron chi connectivity index (χ2n) is 3.01. The molecule has 78 valence electrons. The van der Waals surface area contributed by atoms with E-state index in [0.717, 1.165) is 0 Å². The third kappa shape index (κ3) is 2.67. The van der Waals surface area contributed by atoms with Crippen LogP contribution in [0.3, 0.4) is 0 Å². The fraction of sp³-hybridized carbons (Fsp3) is 0.400. The Balaban J connectivity index is 2.90. The average molecular weight is 201 g/mol. The summed E-state index contributed by atoms with van der Waals surface area (Å²) in [5, 5.41) is 0. The van der Waals surface area contributed by atoms with Gasteiger partial charge in [0.15, 0.2) is 0 Å². The summed E-state index contributed by atoms with van der Waals surface area (Å²) in [5.41, 5.74) is 6.17. The van der Waals surface area contributed by atoms with Crippen LogP contribution in [0.5, 0.6) is 5.75 Å². The molecule has 0 spiro atoms. The zero-order chi connectivity index (χ0) is 10.6. The zero-order valence-corrected chi connectivity index (χ0v) is 7.97. The van der Waals surface area contributed by atoms with Gasteiger partial charge in [-0.25, -0.2) is 8.78 Å². The second kappa shape index (κ2) is 4.91. The number of halogens is 2. The van der Waals surface area contributed by atoms with E-state index in [4.69, 9.17) is 10.5 Å². The first kappa shape index (κ1) is 10.9. The number of hydrogen-bond donors (Lipinski definition) is 1. The molecule has 1 rings (SSSR count). The molecule has 0 aromatic heterocycles. The molecule has 0 amide bonds. The summed E-state index contributed by atoms with van der Waals surface area (Å²) in [6.45, 7) is 1.11. The number of nitrogens with two attached hydrogens (primary N) is 1. The van der Waals surface area contributed by atoms with Crippen LogP contribution in [0.15, 0.2) is 18.2 Å². The smallest absolute Gasteiger partial charge is 0.124 e. The van der Waals surface area contributed by atoms with Gasteiger partial charge in [-0.3, -0.25) is 0 Å². The van der Waals surface area contributed by atoms with Gasteiger partial charge in [0, 0.05) is 11.6 Å². The third-order valence-corrected chi connectivity index (χ3v) is 1.80. The number of ether oxygens (including phenoxy) is 1. The van der Waals surface area contributed by atoms with Crippen molar-refractivity contribution >= 4 is 0 Å². The molecule has 0 aliphatic carbocycles. The van der Waals surface area contributed by atoms with Gasteiger partial charge in [-0.05, 0) is 25.1 Å². The molecule has 2 N–H and O–H groups in total. The molecule has 0 saturated carbocycles. The Morgan fingerprint density at radius 1 is 1.50 bits per heavy atom. The number of rotatable bonds is 4. The van der Waals surface area contributed by atoms with E-state index in [9.17, 15) is 8.78 Å². The fourth-order valence-electron chi connectivity index (χ4n) is 1.16. The maximum atomic E-state index is 12.8. The lowest BCUT2D eigenvalue weighted by atomic mass is 10.1. The summed E-state index contributed by atoms with van der Waals surface area (Å²) >= 11 is 0. The van der Waals surface area contributed by atoms with Gasteiger partial charge < -0.3 is 10.5 Å². The van der Waals surface area contributed by atoms with Crippen molar-refractivity contribution in [2.75, 3.05) is 13.3 Å². The van der Waals surface area contributed by atoms with Crippen LogP contribution < -0.4 is 10.5 Å². The highest BCUT2D eigenvalue weighted by atomic mass is 19.1. The second-order valence-corrected chi connectivity index (χ2v) is 3.01. The molecule has 1 aromatic carbocycles. The molecule has 4 heteroatoms. The first-order chi connectivity index (χ1) is 6.65. The van der Waals surface area contributed by atoms with Gasteiger partial charge in [0.1, 0.15) is 24.8 Å². The Morgan fingerprint density at radius 2 is 2.21 bits per heavy atom. The SMILES string of the molecule is C[C@H](N)c1cc(F)ccc1OCCF. The van der Waals surface area contributed by atoms with Crippen molar-refractivity contribution in [1.29, 1.82) is 0 Å². The molecule has 0 radical (unpaired) electrons. The zero-order valence-electron chi connectivity index (χ0n) is 7.97. The van der Waals surface area contributed by atoms with E-state index < -0.39 is 6.67 Å². The average Bonchev–Trinajstić information content (AvgIpc) is 2.15. The van der Waals surface area contributed by atoms with Crippen LogP contribution in [0, 0.1) is 5.82 Å². The first-order valence-corrected chi connectivity index (χ1v) is 4.39. The molecule has 0 aliphatic rings. The molecule has 0 aliphatic heterocycles. The van der Waals surface area contributed by atoms with Gasteiger partial charge >= 0.3 is 0 Å². The van der Waals surface area contributed by atoms with Gasteiger partial charge in [0.05, 0.1) is 0 Å². The Bertz CT molecular complexity index is 302. The van der Waals surface area contributed by atoms with Crippen molar-refractivity contribution in [3.63, 3.8) is 0 Å². The summed E-state index contributed by atoms with van der Waals surface area (Å²) in [4.78, 5) is 0. The summed E-state index contributed by atoms with van der Waals surface area (Å²) in [6.07, 6.45) is 0. The molecule has 0 heterocycles. The van der Waals surface area contributed by atoms with Crippen LogP contribution >= 0.6 is 0 Å². The Labute approximate surface area is 81.7 Å². The highest BCUT2D eigenvalue weighted by molar-refractivity contribution is 5.36. The Kier molecular flexibility index (Phi) is 3.83. The van der Waals surface area contributed by atoms with Crippen LogP contribution in [-0.4, -0.2) is 13.3 Å². The predicted molar refractivity (Wildman–Crippen MR) is 50.5 cm³/mol. The van der Waals surface area contributed by atoms with Crippen LogP contribution in [0.2, 0.25) is 0 Å². The Morgan fingerprint density at radius 3 is 2.79 bits per heavy atom. The number of alkyl halides is 1. The van der Waals surface area contributed by atoms with E-state index in [0.29, 0.717) is 11.3 Å². The maximum absolute atomic E-state index is 12.8. The van der Waals surface area contributed by atoms with Gasteiger partial charge in [-0.15, -0.1) is 0 Å². The summed E-state index contributed by atoms with van der Waals surface area (Å²) < 4.78 is 29.8. The lowest BCUT2D eigenvalue weighted by Gasteiger charge is -2.12. The van der Waals surface area contributed by atoms with Crippen molar-refractivity contribution in [1.82, 2.24) is 0 Å². The standard InChI is InChI=1S/C10H13F2NO/c1-7(13)9-6-8(12)2-3-10(9)14-5-4-11/h2-3,6-7H,4-5,13H2,1H3/t7-/m0/s1. The molecule has 2 nitrogen and oxygen atoms in total. The molecular weight excluding hydrogens is 188 g/mol. The van der Waals surface area contributed by atoms with E-state index >= 15 is 0 Å². The van der Waals surface area contributed by atoms with E-state index in [1.807, 2.05) is 0 Å². The van der Waals surface area contributed by atoms with E-state index in [2.05, 4.69) is 0 Å². The minimum Gasteiger partial charge on any atom is -0.491 e. The topological polar surface area (TPSA) is 35.2 Å². The van der Waals surface area contributed by atoms with Gasteiger partial charge in [0.2, 0.25) is 0 Å². The molecule has 0 fully saturated rings.